The summed E-state index contributed by atoms with van der Waals surface area (Å²) >= 11 is 0. The highest BCUT2D eigenvalue weighted by molar-refractivity contribution is 6.30. The number of rotatable bonds is 6. The number of Topliss-reactive ketones (excluding diaryl/α,β-unsaturated/α-hetero) is 2. The molecule has 0 aromatic heterocycles. The molecule has 5 rings (SSSR count). The summed E-state index contributed by atoms with van der Waals surface area (Å²) in [5, 5.41) is 32.0. The second-order valence-electron chi connectivity index (χ2n) is 10.8. The van der Waals surface area contributed by atoms with Crippen LogP contribution in [0, 0.1) is 20.2 Å². The Morgan fingerprint density at radius 3 is 1.21 bits per heavy atom. The number of nitro groups is 2. The first-order valence-corrected chi connectivity index (χ1v) is 14.7. The van der Waals surface area contributed by atoms with E-state index in [1.165, 1.54) is 48.5 Å². The van der Waals surface area contributed by atoms with E-state index >= 15 is 0 Å². The normalized spacial score (nSPS) is 16.5. The Morgan fingerprint density at radius 2 is 0.875 bits per heavy atom. The molecule has 1 heterocycles. The number of hydrogen-bond donors (Lipinski definition) is 0. The van der Waals surface area contributed by atoms with E-state index in [4.69, 9.17) is 20.6 Å². The lowest BCUT2D eigenvalue weighted by atomic mass is 9.97. The van der Waals surface area contributed by atoms with Gasteiger partial charge in [-0.3, -0.25) is 39.8 Å². The first kappa shape index (κ1) is 32.8. The third-order valence-electron chi connectivity index (χ3n) is 7.50. The molecule has 1 aliphatic rings. The second-order valence-corrected chi connectivity index (χ2v) is 10.8. The van der Waals surface area contributed by atoms with Crippen LogP contribution < -0.4 is 0 Å². The van der Waals surface area contributed by atoms with E-state index < -0.39 is 21.4 Å². The van der Waals surface area contributed by atoms with Gasteiger partial charge in [0, 0.05) is 69.3 Å². The minimum absolute atomic E-state index is 0.147. The van der Waals surface area contributed by atoms with Gasteiger partial charge in [-0.25, -0.2) is 0 Å². The molecule has 0 bridgehead atoms. The molecule has 0 fully saturated rings. The van der Waals surface area contributed by atoms with Gasteiger partial charge < -0.3 is 10.6 Å². The lowest BCUT2D eigenvalue weighted by Crippen LogP contribution is -2.14. The SMILES string of the molecule is CC1=Nc2ccccc2[N-]/C(C)=C(/C(=O)c2ccc([N+](=O)[O-])cc2)C(C)=Nc2ccccc2[N-]/C(C)=C\1C(=O)c1ccc([N+](=O)[O-])cc1. The maximum absolute atomic E-state index is 14.0. The number of fused-ring (bicyclic) bond motifs is 2. The maximum atomic E-state index is 14.0. The van der Waals surface area contributed by atoms with Crippen molar-refractivity contribution in [3.05, 3.63) is 162 Å². The van der Waals surface area contributed by atoms with Crippen LogP contribution in [0.5, 0.6) is 0 Å². The molecule has 4 aromatic rings. The number of nitro benzene ring substituents is 2. The Labute approximate surface area is 275 Å². The highest BCUT2D eigenvalue weighted by Crippen LogP contribution is 2.40. The highest BCUT2D eigenvalue weighted by atomic mass is 16.6. The molecule has 0 amide bonds. The van der Waals surface area contributed by atoms with Crippen LogP contribution in [0.3, 0.4) is 0 Å². The van der Waals surface area contributed by atoms with E-state index in [2.05, 4.69) is 0 Å². The maximum Gasteiger partial charge on any atom is 0.269 e. The Morgan fingerprint density at radius 1 is 0.542 bits per heavy atom. The summed E-state index contributed by atoms with van der Waals surface area (Å²) in [6.07, 6.45) is 0. The van der Waals surface area contributed by atoms with Crippen LogP contribution in [0.2, 0.25) is 0 Å². The molecular weight excluding hydrogens is 612 g/mol. The number of carbonyl (C=O) groups is 2. The monoisotopic (exact) mass is 640 g/mol. The minimum Gasteiger partial charge on any atom is -0.659 e. The topological polar surface area (TPSA) is 173 Å². The van der Waals surface area contributed by atoms with Crippen molar-refractivity contribution >= 4 is 57.1 Å². The Balaban J connectivity index is 1.70. The fourth-order valence-electron chi connectivity index (χ4n) is 5.19. The summed E-state index contributed by atoms with van der Waals surface area (Å²) in [6.45, 7) is 6.67. The van der Waals surface area contributed by atoms with Crippen molar-refractivity contribution in [2.45, 2.75) is 27.7 Å². The molecule has 12 heteroatoms. The largest absolute Gasteiger partial charge is 0.659 e. The van der Waals surface area contributed by atoms with Gasteiger partial charge in [-0.15, -0.1) is 22.8 Å². The summed E-state index contributed by atoms with van der Waals surface area (Å²) < 4.78 is 0. The lowest BCUT2D eigenvalue weighted by molar-refractivity contribution is -0.385. The zero-order valence-electron chi connectivity index (χ0n) is 26.4. The van der Waals surface area contributed by atoms with Gasteiger partial charge in [-0.05, 0) is 50.2 Å². The predicted octanol–water partition coefficient (Wildman–Crippen LogP) is 9.73. The van der Waals surface area contributed by atoms with Gasteiger partial charge in [0.1, 0.15) is 0 Å². The summed E-state index contributed by atoms with van der Waals surface area (Å²) in [7, 11) is 0. The Kier molecular flexibility index (Phi) is 9.46. The summed E-state index contributed by atoms with van der Waals surface area (Å²) in [6, 6.07) is 24.5. The fourth-order valence-corrected chi connectivity index (χ4v) is 5.19. The number of allylic oxidation sites excluding steroid dienone is 4. The van der Waals surface area contributed by atoms with Crippen LogP contribution >= 0.6 is 0 Å². The van der Waals surface area contributed by atoms with Crippen LogP contribution in [0.15, 0.2) is 130 Å². The standard InChI is InChI=1S/C36H30N6O6/c1-21-33(35(43)25-13-17-27(18-14-25)41(45)46)22(2)38-31-11-7-8-12-32(31)40-24(4)34(23(3)39-30-10-6-5-9-29(30)37-21)36(44)26-15-19-28(20-16-26)42(47)48/h5-20H,1-4H3,(H2,37,38,39,40,43,44)/p-2. The third-order valence-corrected chi connectivity index (χ3v) is 7.50. The van der Waals surface area contributed by atoms with Crippen LogP contribution in [0.4, 0.5) is 34.1 Å². The van der Waals surface area contributed by atoms with Crippen LogP contribution in [0.1, 0.15) is 48.4 Å². The van der Waals surface area contributed by atoms with E-state index in [9.17, 15) is 29.8 Å². The van der Waals surface area contributed by atoms with Gasteiger partial charge in [0.15, 0.2) is 11.6 Å². The molecular formula is C36H28N6O6-2. The zero-order chi connectivity index (χ0) is 34.5. The van der Waals surface area contributed by atoms with Crippen molar-refractivity contribution in [2.24, 2.45) is 9.98 Å². The summed E-state index contributed by atoms with van der Waals surface area (Å²) in [4.78, 5) is 58.9. The summed E-state index contributed by atoms with van der Waals surface area (Å²) in [5.74, 6) is -0.865. The molecule has 0 N–H and O–H groups in total. The average Bonchev–Trinajstić information content (AvgIpc) is 3.06. The predicted molar refractivity (Wildman–Crippen MR) is 185 cm³/mol. The molecule has 1 aliphatic heterocycles. The number of benzene rings is 4. The molecule has 4 aromatic carbocycles. The number of aliphatic imine (C=N–C) groups is 2. The molecule has 0 unspecified atom stereocenters. The van der Waals surface area contributed by atoms with Gasteiger partial charge in [0.2, 0.25) is 0 Å². The quantitative estimate of drug-likeness (QED) is 0.115. The lowest BCUT2D eigenvalue weighted by Gasteiger charge is -2.30. The van der Waals surface area contributed by atoms with Gasteiger partial charge in [0.25, 0.3) is 11.4 Å². The molecule has 0 radical (unpaired) electrons. The Hall–Kier alpha value is -6.56. The average molecular weight is 641 g/mol. The van der Waals surface area contributed by atoms with Crippen molar-refractivity contribution in [3.8, 4) is 0 Å². The highest BCUT2D eigenvalue weighted by Gasteiger charge is 2.20. The number of carbonyl (C=O) groups excluding carboxylic acids is 2. The van der Waals surface area contributed by atoms with E-state index in [-0.39, 0.29) is 33.6 Å². The van der Waals surface area contributed by atoms with E-state index in [0.29, 0.717) is 45.6 Å². The van der Waals surface area contributed by atoms with Crippen molar-refractivity contribution in [3.63, 3.8) is 0 Å². The van der Waals surface area contributed by atoms with Gasteiger partial charge in [-0.2, -0.15) is 0 Å². The van der Waals surface area contributed by atoms with Gasteiger partial charge in [0.05, 0.1) is 9.85 Å². The van der Waals surface area contributed by atoms with Crippen molar-refractivity contribution in [1.29, 1.82) is 0 Å². The molecule has 240 valence electrons. The molecule has 0 aliphatic carbocycles. The minimum atomic E-state index is -0.538. The number of hydrogen-bond acceptors (Lipinski definition) is 8. The van der Waals surface area contributed by atoms with Crippen LogP contribution in [0.25, 0.3) is 10.6 Å². The van der Waals surface area contributed by atoms with Crippen molar-refractivity contribution in [1.82, 2.24) is 0 Å². The first-order valence-electron chi connectivity index (χ1n) is 14.7. The van der Waals surface area contributed by atoms with E-state index in [1.807, 2.05) is 0 Å². The van der Waals surface area contributed by atoms with Crippen molar-refractivity contribution < 1.29 is 19.4 Å². The van der Waals surface area contributed by atoms with Crippen molar-refractivity contribution in [2.75, 3.05) is 0 Å². The molecule has 0 saturated carbocycles. The first-order chi connectivity index (χ1) is 22.9. The van der Waals surface area contributed by atoms with Gasteiger partial charge >= 0.3 is 0 Å². The number of ketones is 2. The number of para-hydroxylation sites is 4. The molecule has 12 nitrogen and oxygen atoms in total. The fraction of sp³-hybridized carbons (Fsp3) is 0.111. The van der Waals surface area contributed by atoms with E-state index in [0.717, 1.165) is 0 Å². The van der Waals surface area contributed by atoms with Gasteiger partial charge in [-0.1, -0.05) is 50.2 Å². The summed E-state index contributed by atoms with van der Waals surface area (Å²) in [5.41, 5.74) is 3.42. The van der Waals surface area contributed by atoms with E-state index in [1.54, 1.807) is 76.2 Å². The zero-order valence-corrected chi connectivity index (χ0v) is 26.4. The van der Waals surface area contributed by atoms with Crippen LogP contribution in [-0.2, 0) is 0 Å². The third kappa shape index (κ3) is 6.97. The Bertz CT molecular complexity index is 1940. The second kappa shape index (κ2) is 13.8. The van der Waals surface area contributed by atoms with Crippen LogP contribution in [-0.4, -0.2) is 32.8 Å². The number of nitrogens with zero attached hydrogens (tertiary/aromatic N) is 6. The molecule has 0 spiro atoms. The number of non-ortho nitro benzene ring substituents is 2. The smallest absolute Gasteiger partial charge is 0.269 e. The molecule has 48 heavy (non-hydrogen) atoms. The molecule has 0 atom stereocenters. The molecule has 0 saturated heterocycles.